The van der Waals surface area contributed by atoms with E-state index in [2.05, 4.69) is 20.4 Å². The third-order valence-electron chi connectivity index (χ3n) is 12.6. The van der Waals surface area contributed by atoms with Gasteiger partial charge in [-0.2, -0.15) is 0 Å². The van der Waals surface area contributed by atoms with E-state index in [9.17, 15) is 14.7 Å². The van der Waals surface area contributed by atoms with E-state index < -0.39 is 0 Å². The molecule has 0 unspecified atom stereocenters. The van der Waals surface area contributed by atoms with Crippen molar-refractivity contribution < 1.29 is 14.7 Å². The lowest BCUT2D eigenvalue weighted by molar-refractivity contribution is 0.0668. The van der Waals surface area contributed by atoms with Gasteiger partial charge < -0.3 is 24.9 Å². The minimum Gasteiger partial charge on any atom is -0.393 e. The summed E-state index contributed by atoms with van der Waals surface area (Å²) in [5.74, 6) is 0.992. The third-order valence-corrected chi connectivity index (χ3v) is 13.0. The number of aliphatic hydroxyl groups is 1. The molecule has 4 heterocycles. The summed E-state index contributed by atoms with van der Waals surface area (Å²) in [5.41, 5.74) is 7.82. The SMILES string of the molecule is Cc1c(NC(=O)c2nc3c(n2C)CCN(C2CCC(O)CC2)C3)cccc1-c1cccc(NC(=O)c2nc3c(n2C)CCN(CC2CCCCC2)C3)c1Cl. The first-order valence-corrected chi connectivity index (χ1v) is 20.3. The van der Waals surface area contributed by atoms with E-state index in [0.717, 1.165) is 117 Å². The van der Waals surface area contributed by atoms with Gasteiger partial charge in [0.15, 0.2) is 11.6 Å². The number of rotatable bonds is 8. The zero-order valence-corrected chi connectivity index (χ0v) is 32.6. The number of carbonyl (C=O) groups excluding carboxylic acids is 2. The molecule has 11 nitrogen and oxygen atoms in total. The van der Waals surface area contributed by atoms with Crippen molar-refractivity contribution in [2.45, 2.75) is 103 Å². The standard InChI is InChI=1S/C42H53ClN8O3/c1-26-30(11-7-13-32(26)46-41(53)39-45-35-25-51(22-20-37(35)49(39)3)28-15-17-29(52)18-16-28)31-12-8-14-33(38(31)43)47-42(54)40-44-34-24-50(21-19-36(34)48(40)2)23-27-9-5-4-6-10-27/h7-8,11-14,27-29,52H,4-6,9-10,15-25H2,1-3H3,(H,46,53)(H,47,54). The Morgan fingerprint density at radius 2 is 1.37 bits per heavy atom. The molecule has 4 aromatic rings. The molecule has 2 aromatic heterocycles. The van der Waals surface area contributed by atoms with E-state index in [1.807, 2.05) is 60.5 Å². The lowest BCUT2D eigenvalue weighted by Gasteiger charge is -2.37. The fourth-order valence-electron chi connectivity index (χ4n) is 9.42. The molecule has 2 aliphatic carbocycles. The van der Waals surface area contributed by atoms with Crippen LogP contribution in [0.15, 0.2) is 36.4 Å². The van der Waals surface area contributed by atoms with Crippen LogP contribution in [-0.2, 0) is 40.0 Å². The van der Waals surface area contributed by atoms with E-state index in [-0.39, 0.29) is 17.9 Å². The van der Waals surface area contributed by atoms with Crippen molar-refractivity contribution in [1.82, 2.24) is 28.9 Å². The molecule has 2 amide bonds. The van der Waals surface area contributed by atoms with Crippen molar-refractivity contribution in [1.29, 1.82) is 0 Å². The summed E-state index contributed by atoms with van der Waals surface area (Å²) in [6.45, 7) is 6.50. The van der Waals surface area contributed by atoms with Crippen molar-refractivity contribution in [3.63, 3.8) is 0 Å². The third kappa shape index (κ3) is 7.35. The number of hydrogen-bond acceptors (Lipinski definition) is 7. The number of nitrogens with one attached hydrogen (secondary N) is 2. The number of amides is 2. The van der Waals surface area contributed by atoms with Crippen LogP contribution in [0.2, 0.25) is 5.02 Å². The van der Waals surface area contributed by atoms with Gasteiger partial charge in [0.25, 0.3) is 11.8 Å². The van der Waals surface area contributed by atoms with Gasteiger partial charge in [-0.1, -0.05) is 55.1 Å². The molecule has 2 fully saturated rings. The first-order valence-electron chi connectivity index (χ1n) is 19.9. The molecule has 0 atom stereocenters. The summed E-state index contributed by atoms with van der Waals surface area (Å²) < 4.78 is 3.87. The lowest BCUT2D eigenvalue weighted by atomic mass is 9.88. The molecule has 4 aliphatic rings. The highest BCUT2D eigenvalue weighted by atomic mass is 35.5. The van der Waals surface area contributed by atoms with Gasteiger partial charge in [-0.25, -0.2) is 9.97 Å². The minimum absolute atomic E-state index is 0.181. The summed E-state index contributed by atoms with van der Waals surface area (Å²) in [5, 5.41) is 16.6. The molecular weight excluding hydrogens is 700 g/mol. The van der Waals surface area contributed by atoms with E-state index >= 15 is 0 Å². The predicted octanol–water partition coefficient (Wildman–Crippen LogP) is 6.89. The molecule has 0 bridgehead atoms. The number of aliphatic hydroxyl groups excluding tert-OH is 1. The summed E-state index contributed by atoms with van der Waals surface area (Å²) in [4.78, 5) is 42.1. The number of halogens is 1. The number of anilines is 2. The van der Waals surface area contributed by atoms with Crippen LogP contribution in [0.4, 0.5) is 11.4 Å². The highest BCUT2D eigenvalue weighted by Gasteiger charge is 2.32. The van der Waals surface area contributed by atoms with Gasteiger partial charge in [-0.15, -0.1) is 0 Å². The topological polar surface area (TPSA) is 121 Å². The molecule has 3 N–H and O–H groups in total. The maximum Gasteiger partial charge on any atom is 0.291 e. The molecule has 2 saturated carbocycles. The van der Waals surface area contributed by atoms with Gasteiger partial charge in [-0.05, 0) is 74.6 Å². The van der Waals surface area contributed by atoms with Crippen molar-refractivity contribution in [2.24, 2.45) is 20.0 Å². The summed E-state index contributed by atoms with van der Waals surface area (Å²) in [6, 6.07) is 11.8. The Morgan fingerprint density at radius 3 is 2.06 bits per heavy atom. The van der Waals surface area contributed by atoms with Gasteiger partial charge >= 0.3 is 0 Å². The molecule has 2 aromatic carbocycles. The number of carbonyl (C=O) groups is 2. The Hall–Kier alpha value is -4.03. The lowest BCUT2D eigenvalue weighted by Crippen LogP contribution is -2.42. The number of imidazole rings is 2. The van der Waals surface area contributed by atoms with E-state index in [1.165, 1.54) is 32.1 Å². The van der Waals surface area contributed by atoms with Crippen molar-refractivity contribution in [3.8, 4) is 11.1 Å². The summed E-state index contributed by atoms with van der Waals surface area (Å²) in [6.07, 6.45) is 11.9. The Morgan fingerprint density at radius 1 is 0.778 bits per heavy atom. The van der Waals surface area contributed by atoms with Crippen molar-refractivity contribution in [3.05, 3.63) is 81.4 Å². The van der Waals surface area contributed by atoms with Crippen LogP contribution in [-0.4, -0.2) is 77.6 Å². The quantitative estimate of drug-likeness (QED) is 0.179. The molecule has 2 aliphatic heterocycles. The number of benzene rings is 2. The van der Waals surface area contributed by atoms with E-state index in [0.29, 0.717) is 34.1 Å². The second kappa shape index (κ2) is 15.6. The van der Waals surface area contributed by atoms with E-state index in [4.69, 9.17) is 21.6 Å². The number of nitrogens with zero attached hydrogens (tertiary/aromatic N) is 6. The Bertz CT molecular complexity index is 2040. The maximum atomic E-state index is 13.7. The highest BCUT2D eigenvalue weighted by molar-refractivity contribution is 6.36. The maximum absolute atomic E-state index is 13.7. The number of hydrogen-bond donors (Lipinski definition) is 3. The van der Waals surface area contributed by atoms with Gasteiger partial charge in [-0.3, -0.25) is 19.4 Å². The van der Waals surface area contributed by atoms with Crippen LogP contribution in [0.3, 0.4) is 0 Å². The molecular formula is C42H53ClN8O3. The average molecular weight is 753 g/mol. The first kappa shape index (κ1) is 36.9. The summed E-state index contributed by atoms with van der Waals surface area (Å²) in [7, 11) is 3.85. The summed E-state index contributed by atoms with van der Waals surface area (Å²) >= 11 is 7.04. The largest absolute Gasteiger partial charge is 0.393 e. The number of fused-ring (bicyclic) bond motifs is 2. The second-order valence-electron chi connectivity index (χ2n) is 16.0. The van der Waals surface area contributed by atoms with Crippen LogP contribution >= 0.6 is 11.6 Å². The Labute approximate surface area is 323 Å². The molecule has 8 rings (SSSR count). The molecule has 0 spiro atoms. The highest BCUT2D eigenvalue weighted by Crippen LogP contribution is 2.38. The van der Waals surface area contributed by atoms with Crippen LogP contribution in [0.1, 0.15) is 107 Å². The molecule has 12 heteroatoms. The van der Waals surface area contributed by atoms with Crippen LogP contribution in [0.25, 0.3) is 11.1 Å². The average Bonchev–Trinajstić information content (AvgIpc) is 3.69. The van der Waals surface area contributed by atoms with E-state index in [1.54, 1.807) is 6.07 Å². The van der Waals surface area contributed by atoms with Gasteiger partial charge in [0.05, 0.1) is 28.2 Å². The van der Waals surface area contributed by atoms with Gasteiger partial charge in [0, 0.05) is 88.3 Å². The molecule has 54 heavy (non-hydrogen) atoms. The zero-order valence-electron chi connectivity index (χ0n) is 31.8. The van der Waals surface area contributed by atoms with Crippen LogP contribution in [0, 0.1) is 12.8 Å². The molecule has 0 saturated heterocycles. The number of aromatic nitrogens is 4. The predicted molar refractivity (Wildman–Crippen MR) is 212 cm³/mol. The monoisotopic (exact) mass is 752 g/mol. The zero-order chi connectivity index (χ0) is 37.5. The molecule has 0 radical (unpaired) electrons. The Balaban J connectivity index is 0.954. The first-order chi connectivity index (χ1) is 26.1. The van der Waals surface area contributed by atoms with Gasteiger partial charge in [0.1, 0.15) is 0 Å². The van der Waals surface area contributed by atoms with Gasteiger partial charge in [0.2, 0.25) is 0 Å². The van der Waals surface area contributed by atoms with Crippen LogP contribution < -0.4 is 10.6 Å². The smallest absolute Gasteiger partial charge is 0.291 e. The van der Waals surface area contributed by atoms with Crippen LogP contribution in [0.5, 0.6) is 0 Å². The molecule has 286 valence electrons. The normalized spacial score (nSPS) is 21.1. The Kier molecular flexibility index (Phi) is 10.7. The fourth-order valence-corrected chi connectivity index (χ4v) is 9.69. The fraction of sp³-hybridized carbons (Fsp3) is 0.524. The van der Waals surface area contributed by atoms with Crippen molar-refractivity contribution >= 4 is 34.8 Å². The minimum atomic E-state index is -0.291. The van der Waals surface area contributed by atoms with Crippen molar-refractivity contribution in [2.75, 3.05) is 30.3 Å². The second-order valence-corrected chi connectivity index (χ2v) is 16.4.